The van der Waals surface area contributed by atoms with E-state index in [0.717, 1.165) is 4.88 Å². The van der Waals surface area contributed by atoms with Crippen molar-refractivity contribution in [1.82, 2.24) is 0 Å². The smallest absolute Gasteiger partial charge is 0.264 e. The summed E-state index contributed by atoms with van der Waals surface area (Å²) in [6, 6.07) is 14.0. The fourth-order valence-electron chi connectivity index (χ4n) is 3.15. The molecule has 5 nitrogen and oxygen atoms in total. The first kappa shape index (κ1) is 15.8. The third-order valence-corrected chi connectivity index (χ3v) is 5.21. The van der Waals surface area contributed by atoms with Crippen LogP contribution in [0.2, 0.25) is 0 Å². The Kier molecular flexibility index (Phi) is 3.78. The number of carbonyl (C=O) groups excluding carboxylic acids is 2. The van der Waals surface area contributed by atoms with E-state index >= 15 is 0 Å². The van der Waals surface area contributed by atoms with Crippen LogP contribution in [-0.4, -0.2) is 16.8 Å². The van der Waals surface area contributed by atoms with Gasteiger partial charge in [-0.3, -0.25) is 9.59 Å². The maximum Gasteiger partial charge on any atom is 0.264 e. The monoisotopic (exact) mass is 353 g/mol. The van der Waals surface area contributed by atoms with Crippen molar-refractivity contribution in [3.8, 4) is 0 Å². The Labute approximate surface area is 148 Å². The minimum Gasteiger partial charge on any atom is -0.461 e. The van der Waals surface area contributed by atoms with Gasteiger partial charge in [0.1, 0.15) is 0 Å². The summed E-state index contributed by atoms with van der Waals surface area (Å²) in [6.07, 6.45) is 1.04. The second-order valence-electron chi connectivity index (χ2n) is 5.93. The van der Waals surface area contributed by atoms with Gasteiger partial charge in [-0.25, -0.2) is 0 Å². The maximum atomic E-state index is 13.0. The number of aliphatic hydroxyl groups is 1. The number of benzene rings is 1. The summed E-state index contributed by atoms with van der Waals surface area (Å²) in [7, 11) is 0. The molecular weight excluding hydrogens is 338 g/mol. The van der Waals surface area contributed by atoms with Crippen LogP contribution < -0.4 is 4.90 Å². The average Bonchev–Trinajstić information content (AvgIpc) is 3.35. The lowest BCUT2D eigenvalue weighted by atomic mass is 9.89. The van der Waals surface area contributed by atoms with Gasteiger partial charge in [-0.05, 0) is 29.6 Å². The fourth-order valence-corrected chi connectivity index (χ4v) is 3.84. The van der Waals surface area contributed by atoms with E-state index in [2.05, 4.69) is 0 Å². The van der Waals surface area contributed by atoms with Crippen LogP contribution in [0, 0.1) is 0 Å². The van der Waals surface area contributed by atoms with Gasteiger partial charge >= 0.3 is 0 Å². The number of carbonyl (C=O) groups is 2. The number of furan rings is 1. The third-order valence-electron chi connectivity index (χ3n) is 4.35. The summed E-state index contributed by atoms with van der Waals surface area (Å²) in [5.41, 5.74) is -0.787. The predicted molar refractivity (Wildman–Crippen MR) is 93.5 cm³/mol. The molecule has 1 amide bonds. The summed E-state index contributed by atoms with van der Waals surface area (Å²) in [4.78, 5) is 28.0. The number of fused-ring (bicyclic) bond motifs is 1. The minimum absolute atomic E-state index is 0.135. The van der Waals surface area contributed by atoms with Gasteiger partial charge in [0.05, 0.1) is 24.9 Å². The largest absolute Gasteiger partial charge is 0.461 e. The standard InChI is InChI=1S/C19H15NO4S/c21-16(17-8-3-9-24-17)11-19(23)14-6-1-2-7-15(14)20(18(19)22)12-13-5-4-10-25-13/h1-10,23H,11-12H2. The molecule has 1 unspecified atom stereocenters. The molecule has 0 saturated heterocycles. The topological polar surface area (TPSA) is 70.8 Å². The van der Waals surface area contributed by atoms with Crippen molar-refractivity contribution in [2.45, 2.75) is 18.6 Å². The molecule has 0 bridgehead atoms. The predicted octanol–water partition coefficient (Wildman–Crippen LogP) is 3.35. The van der Waals surface area contributed by atoms with Crippen LogP contribution in [0.5, 0.6) is 0 Å². The number of hydrogen-bond donors (Lipinski definition) is 1. The van der Waals surface area contributed by atoms with Crippen LogP contribution in [0.1, 0.15) is 27.4 Å². The number of amides is 1. The van der Waals surface area contributed by atoms with Crippen LogP contribution in [0.15, 0.2) is 64.6 Å². The Morgan fingerprint density at radius 1 is 1.16 bits per heavy atom. The SMILES string of the molecule is O=C(CC1(O)C(=O)N(Cc2cccs2)c2ccccc21)c1ccco1. The van der Waals surface area contributed by atoms with Crippen molar-refractivity contribution >= 4 is 28.7 Å². The number of anilines is 1. The van der Waals surface area contributed by atoms with Gasteiger partial charge in [-0.15, -0.1) is 11.3 Å². The summed E-state index contributed by atoms with van der Waals surface area (Å²) < 4.78 is 5.10. The Hall–Kier alpha value is -2.70. The van der Waals surface area contributed by atoms with E-state index in [1.807, 2.05) is 23.6 Å². The molecule has 0 saturated carbocycles. The molecule has 0 spiro atoms. The minimum atomic E-state index is -1.88. The highest BCUT2D eigenvalue weighted by Crippen LogP contribution is 2.43. The molecule has 1 atom stereocenters. The van der Waals surface area contributed by atoms with E-state index in [4.69, 9.17) is 4.42 Å². The van der Waals surface area contributed by atoms with Crippen LogP contribution >= 0.6 is 11.3 Å². The van der Waals surface area contributed by atoms with E-state index in [-0.39, 0.29) is 12.2 Å². The molecule has 0 radical (unpaired) electrons. The molecule has 0 fully saturated rings. The summed E-state index contributed by atoms with van der Waals surface area (Å²) in [5, 5.41) is 13.1. The molecule has 6 heteroatoms. The molecule has 1 aliphatic heterocycles. The zero-order valence-electron chi connectivity index (χ0n) is 13.2. The molecule has 25 heavy (non-hydrogen) atoms. The van der Waals surface area contributed by atoms with Crippen molar-refractivity contribution in [3.05, 3.63) is 76.4 Å². The van der Waals surface area contributed by atoms with Crippen molar-refractivity contribution in [3.63, 3.8) is 0 Å². The Bertz CT molecular complexity index is 917. The maximum absolute atomic E-state index is 13.0. The molecular formula is C19H15NO4S. The van der Waals surface area contributed by atoms with Crippen molar-refractivity contribution in [2.75, 3.05) is 4.90 Å². The Morgan fingerprint density at radius 2 is 2.00 bits per heavy atom. The lowest BCUT2D eigenvalue weighted by Crippen LogP contribution is -2.41. The summed E-state index contributed by atoms with van der Waals surface area (Å²) in [6.45, 7) is 0.366. The number of ketones is 1. The molecule has 0 aliphatic carbocycles. The first-order chi connectivity index (χ1) is 12.1. The van der Waals surface area contributed by atoms with Gasteiger partial charge in [0.2, 0.25) is 5.78 Å². The first-order valence-corrected chi connectivity index (χ1v) is 8.70. The van der Waals surface area contributed by atoms with E-state index in [1.54, 1.807) is 35.6 Å². The van der Waals surface area contributed by atoms with Gasteiger partial charge in [-0.1, -0.05) is 24.3 Å². The number of Topliss-reactive ketones (excluding diaryl/α,β-unsaturated/α-hetero) is 1. The second kappa shape index (κ2) is 5.98. The fraction of sp³-hybridized carbons (Fsp3) is 0.158. The number of nitrogens with zero attached hydrogens (tertiary/aromatic N) is 1. The van der Waals surface area contributed by atoms with Gasteiger partial charge < -0.3 is 14.4 Å². The van der Waals surface area contributed by atoms with Gasteiger partial charge in [0.15, 0.2) is 11.4 Å². The molecule has 2 aromatic heterocycles. The van der Waals surface area contributed by atoms with E-state index in [1.165, 1.54) is 17.2 Å². The second-order valence-corrected chi connectivity index (χ2v) is 6.96. The number of thiophene rings is 1. The number of para-hydroxylation sites is 1. The van der Waals surface area contributed by atoms with Crippen molar-refractivity contribution < 1.29 is 19.1 Å². The van der Waals surface area contributed by atoms with Crippen LogP contribution in [0.4, 0.5) is 5.69 Å². The van der Waals surface area contributed by atoms with Gasteiger partial charge in [0.25, 0.3) is 5.91 Å². The summed E-state index contributed by atoms with van der Waals surface area (Å²) >= 11 is 1.54. The molecule has 126 valence electrons. The zero-order chi connectivity index (χ0) is 17.4. The van der Waals surface area contributed by atoms with E-state index in [0.29, 0.717) is 17.8 Å². The van der Waals surface area contributed by atoms with E-state index in [9.17, 15) is 14.7 Å². The van der Waals surface area contributed by atoms with E-state index < -0.39 is 17.3 Å². The lowest BCUT2D eigenvalue weighted by molar-refractivity contribution is -0.136. The Morgan fingerprint density at radius 3 is 2.72 bits per heavy atom. The highest BCUT2D eigenvalue weighted by atomic mass is 32.1. The quantitative estimate of drug-likeness (QED) is 0.714. The van der Waals surface area contributed by atoms with Crippen molar-refractivity contribution in [2.24, 2.45) is 0 Å². The molecule has 4 rings (SSSR count). The highest BCUT2D eigenvalue weighted by Gasteiger charge is 2.51. The van der Waals surface area contributed by atoms with Gasteiger partial charge in [0, 0.05) is 10.4 Å². The average molecular weight is 353 g/mol. The molecule has 1 aromatic carbocycles. The molecule has 1 aliphatic rings. The molecule has 1 N–H and O–H groups in total. The normalized spacial score (nSPS) is 19.2. The highest BCUT2D eigenvalue weighted by molar-refractivity contribution is 7.09. The summed E-state index contributed by atoms with van der Waals surface area (Å²) in [5.74, 6) is -0.758. The van der Waals surface area contributed by atoms with Crippen LogP contribution in [0.3, 0.4) is 0 Å². The lowest BCUT2D eigenvalue weighted by Gasteiger charge is -2.22. The first-order valence-electron chi connectivity index (χ1n) is 7.82. The van der Waals surface area contributed by atoms with Gasteiger partial charge in [-0.2, -0.15) is 0 Å². The number of rotatable bonds is 5. The van der Waals surface area contributed by atoms with Crippen molar-refractivity contribution in [1.29, 1.82) is 0 Å². The van der Waals surface area contributed by atoms with Crippen LogP contribution in [-0.2, 0) is 16.9 Å². The molecule has 3 heterocycles. The Balaban J connectivity index is 1.70. The van der Waals surface area contributed by atoms with Crippen LogP contribution in [0.25, 0.3) is 0 Å². The number of hydrogen-bond acceptors (Lipinski definition) is 5. The zero-order valence-corrected chi connectivity index (χ0v) is 14.0. The molecule has 3 aromatic rings. The third kappa shape index (κ3) is 2.59.